The Morgan fingerprint density at radius 3 is 2.50 bits per heavy atom. The van der Waals surface area contributed by atoms with Gasteiger partial charge in [0, 0.05) is 11.7 Å². The van der Waals surface area contributed by atoms with Crippen LogP contribution in [-0.2, 0) is 6.42 Å². The Labute approximate surface area is 112 Å². The fourth-order valence-corrected chi connectivity index (χ4v) is 3.06. The van der Waals surface area contributed by atoms with Crippen LogP contribution in [-0.4, -0.2) is 6.04 Å². The van der Waals surface area contributed by atoms with Crippen molar-refractivity contribution in [2.24, 2.45) is 11.8 Å². The molecule has 1 saturated carbocycles. The molecule has 0 aromatic heterocycles. The molecule has 1 heteroatoms. The van der Waals surface area contributed by atoms with Gasteiger partial charge in [0.1, 0.15) is 0 Å². The maximum atomic E-state index is 3.73. The smallest absolute Gasteiger partial charge is 0.0342 e. The van der Waals surface area contributed by atoms with Gasteiger partial charge in [0.15, 0.2) is 0 Å². The summed E-state index contributed by atoms with van der Waals surface area (Å²) < 4.78 is 0. The molecule has 0 bridgehead atoms. The summed E-state index contributed by atoms with van der Waals surface area (Å²) in [6.07, 6.45) is 6.51. The molecular weight excluding hydrogens is 218 g/mol. The van der Waals surface area contributed by atoms with Gasteiger partial charge in [-0.25, -0.2) is 0 Å². The normalized spacial score (nSPS) is 28.1. The third-order valence-corrected chi connectivity index (χ3v) is 4.55. The fraction of sp³-hybridized carbons (Fsp3) is 0.647. The second-order valence-electron chi connectivity index (χ2n) is 5.97. The van der Waals surface area contributed by atoms with Crippen molar-refractivity contribution >= 4 is 5.69 Å². The van der Waals surface area contributed by atoms with E-state index in [1.807, 2.05) is 0 Å². The molecule has 1 nitrogen and oxygen atoms in total. The molecule has 1 aromatic carbocycles. The molecule has 1 aromatic rings. The Kier molecular flexibility index (Phi) is 4.68. The fourth-order valence-electron chi connectivity index (χ4n) is 3.06. The van der Waals surface area contributed by atoms with Crippen molar-refractivity contribution in [2.45, 2.75) is 58.9 Å². The summed E-state index contributed by atoms with van der Waals surface area (Å²) in [7, 11) is 0. The van der Waals surface area contributed by atoms with E-state index < -0.39 is 0 Å². The van der Waals surface area contributed by atoms with Crippen LogP contribution in [0, 0.1) is 11.8 Å². The Balaban J connectivity index is 1.96. The van der Waals surface area contributed by atoms with Gasteiger partial charge in [-0.3, -0.25) is 0 Å². The second-order valence-corrected chi connectivity index (χ2v) is 5.97. The lowest BCUT2D eigenvalue weighted by Gasteiger charge is -2.35. The molecule has 0 amide bonds. The Morgan fingerprint density at radius 1 is 1.11 bits per heavy atom. The average molecular weight is 245 g/mol. The summed E-state index contributed by atoms with van der Waals surface area (Å²) in [5.41, 5.74) is 2.74. The van der Waals surface area contributed by atoms with E-state index in [1.165, 1.54) is 43.4 Å². The first-order valence-electron chi connectivity index (χ1n) is 7.56. The monoisotopic (exact) mass is 245 g/mol. The molecule has 0 heterocycles. The van der Waals surface area contributed by atoms with Crippen molar-refractivity contribution in [1.29, 1.82) is 0 Å². The standard InChI is InChI=1S/C17H27N/c1-4-6-15-9-11-16(12-10-15)18-17-8-5-7-13(2)14(17)3/h9-14,17-18H,4-8H2,1-3H3. The molecule has 0 radical (unpaired) electrons. The SMILES string of the molecule is CCCc1ccc(NC2CCCC(C)C2C)cc1. The van der Waals surface area contributed by atoms with Gasteiger partial charge in [0.25, 0.3) is 0 Å². The number of nitrogens with one attached hydrogen (secondary N) is 1. The van der Waals surface area contributed by atoms with Crippen LogP contribution in [0.2, 0.25) is 0 Å². The van der Waals surface area contributed by atoms with Crippen molar-refractivity contribution in [3.05, 3.63) is 29.8 Å². The van der Waals surface area contributed by atoms with Crippen molar-refractivity contribution in [1.82, 2.24) is 0 Å². The molecule has 2 rings (SSSR count). The lowest BCUT2D eigenvalue weighted by molar-refractivity contribution is 0.253. The van der Waals surface area contributed by atoms with Crippen LogP contribution in [0.25, 0.3) is 0 Å². The molecule has 0 saturated heterocycles. The molecule has 1 aliphatic rings. The molecular formula is C17H27N. The van der Waals surface area contributed by atoms with Crippen LogP contribution < -0.4 is 5.32 Å². The number of benzene rings is 1. The Hall–Kier alpha value is -0.980. The highest BCUT2D eigenvalue weighted by atomic mass is 14.9. The first-order valence-corrected chi connectivity index (χ1v) is 7.56. The number of hydrogen-bond acceptors (Lipinski definition) is 1. The van der Waals surface area contributed by atoms with E-state index in [9.17, 15) is 0 Å². The van der Waals surface area contributed by atoms with E-state index in [0.29, 0.717) is 6.04 Å². The molecule has 0 spiro atoms. The Bertz CT molecular complexity index is 354. The predicted octanol–water partition coefficient (Wildman–Crippen LogP) is 4.88. The summed E-state index contributed by atoms with van der Waals surface area (Å²) in [6.45, 7) is 7.02. The zero-order valence-electron chi connectivity index (χ0n) is 12.1. The molecule has 18 heavy (non-hydrogen) atoms. The molecule has 1 aliphatic carbocycles. The lowest BCUT2D eigenvalue weighted by atomic mass is 9.78. The molecule has 3 atom stereocenters. The van der Waals surface area contributed by atoms with E-state index in [2.05, 4.69) is 50.4 Å². The van der Waals surface area contributed by atoms with Crippen molar-refractivity contribution in [2.75, 3.05) is 5.32 Å². The molecule has 3 unspecified atom stereocenters. The van der Waals surface area contributed by atoms with E-state index in [-0.39, 0.29) is 0 Å². The van der Waals surface area contributed by atoms with Gasteiger partial charge in [-0.2, -0.15) is 0 Å². The van der Waals surface area contributed by atoms with Gasteiger partial charge >= 0.3 is 0 Å². The zero-order valence-corrected chi connectivity index (χ0v) is 12.1. The van der Waals surface area contributed by atoms with E-state index >= 15 is 0 Å². The van der Waals surface area contributed by atoms with E-state index in [4.69, 9.17) is 0 Å². The van der Waals surface area contributed by atoms with Crippen molar-refractivity contribution < 1.29 is 0 Å². The quantitative estimate of drug-likeness (QED) is 0.797. The summed E-state index contributed by atoms with van der Waals surface area (Å²) in [5, 5.41) is 3.73. The van der Waals surface area contributed by atoms with Crippen LogP contribution in [0.4, 0.5) is 5.69 Å². The largest absolute Gasteiger partial charge is 0.382 e. The van der Waals surface area contributed by atoms with Crippen LogP contribution in [0.5, 0.6) is 0 Å². The van der Waals surface area contributed by atoms with Crippen molar-refractivity contribution in [3.63, 3.8) is 0 Å². The van der Waals surface area contributed by atoms with E-state index in [1.54, 1.807) is 0 Å². The Morgan fingerprint density at radius 2 is 1.83 bits per heavy atom. The summed E-state index contributed by atoms with van der Waals surface area (Å²) in [5.74, 6) is 1.64. The minimum Gasteiger partial charge on any atom is -0.382 e. The average Bonchev–Trinajstić information content (AvgIpc) is 2.38. The summed E-state index contributed by atoms with van der Waals surface area (Å²) in [4.78, 5) is 0. The van der Waals surface area contributed by atoms with Crippen LogP contribution in [0.1, 0.15) is 52.0 Å². The van der Waals surface area contributed by atoms with E-state index in [0.717, 1.165) is 11.8 Å². The minimum atomic E-state index is 0.658. The van der Waals surface area contributed by atoms with Gasteiger partial charge < -0.3 is 5.32 Å². The number of rotatable bonds is 4. The molecule has 1 fully saturated rings. The topological polar surface area (TPSA) is 12.0 Å². The highest BCUT2D eigenvalue weighted by molar-refractivity contribution is 5.45. The van der Waals surface area contributed by atoms with Crippen LogP contribution in [0.3, 0.4) is 0 Å². The van der Waals surface area contributed by atoms with Crippen molar-refractivity contribution in [3.8, 4) is 0 Å². The first-order chi connectivity index (χ1) is 8.70. The van der Waals surface area contributed by atoms with Crippen LogP contribution >= 0.6 is 0 Å². The third-order valence-electron chi connectivity index (χ3n) is 4.55. The maximum absolute atomic E-state index is 3.73. The third kappa shape index (κ3) is 3.28. The highest BCUT2D eigenvalue weighted by Gasteiger charge is 2.26. The summed E-state index contributed by atoms with van der Waals surface area (Å²) >= 11 is 0. The number of aryl methyl sites for hydroxylation is 1. The van der Waals surface area contributed by atoms with Crippen LogP contribution in [0.15, 0.2) is 24.3 Å². The molecule has 1 N–H and O–H groups in total. The van der Waals surface area contributed by atoms with Gasteiger partial charge in [-0.15, -0.1) is 0 Å². The second kappa shape index (κ2) is 6.26. The maximum Gasteiger partial charge on any atom is 0.0342 e. The zero-order chi connectivity index (χ0) is 13.0. The molecule has 0 aliphatic heterocycles. The first kappa shape index (κ1) is 13.5. The highest BCUT2D eigenvalue weighted by Crippen LogP contribution is 2.31. The van der Waals surface area contributed by atoms with Gasteiger partial charge in [-0.05, 0) is 42.4 Å². The van der Waals surface area contributed by atoms with Gasteiger partial charge in [0.05, 0.1) is 0 Å². The number of anilines is 1. The predicted molar refractivity (Wildman–Crippen MR) is 80.0 cm³/mol. The van der Waals surface area contributed by atoms with Gasteiger partial charge in [0.2, 0.25) is 0 Å². The van der Waals surface area contributed by atoms with Gasteiger partial charge in [-0.1, -0.05) is 52.2 Å². The summed E-state index contributed by atoms with van der Waals surface area (Å²) in [6, 6.07) is 9.69. The minimum absolute atomic E-state index is 0.658. The number of hydrogen-bond donors (Lipinski definition) is 1. The lowest BCUT2D eigenvalue weighted by Crippen LogP contribution is -2.34. The molecule has 100 valence electrons.